The number of hydrogen-bond donors (Lipinski definition) is 1. The highest BCUT2D eigenvalue weighted by molar-refractivity contribution is 5.93. The van der Waals surface area contributed by atoms with Gasteiger partial charge in [0.15, 0.2) is 5.82 Å². The highest BCUT2D eigenvalue weighted by atomic mass is 19.1. The number of nitrogens with one attached hydrogen (secondary N) is 1. The van der Waals surface area contributed by atoms with Gasteiger partial charge in [0.25, 0.3) is 0 Å². The van der Waals surface area contributed by atoms with Gasteiger partial charge in [-0.1, -0.05) is 12.1 Å². The van der Waals surface area contributed by atoms with E-state index in [9.17, 15) is 8.78 Å². The van der Waals surface area contributed by atoms with E-state index in [4.69, 9.17) is 0 Å². The molecule has 0 aliphatic carbocycles. The zero-order valence-corrected chi connectivity index (χ0v) is 10.8. The topological polar surface area (TPSA) is 24.9 Å². The predicted molar refractivity (Wildman–Crippen MR) is 76.1 cm³/mol. The normalized spacial score (nSPS) is 10.8. The first kappa shape index (κ1) is 12.5. The van der Waals surface area contributed by atoms with E-state index in [0.29, 0.717) is 11.1 Å². The van der Waals surface area contributed by atoms with Crippen molar-refractivity contribution in [2.45, 2.75) is 6.92 Å². The molecule has 1 N–H and O–H groups in total. The van der Waals surface area contributed by atoms with Crippen molar-refractivity contribution in [2.75, 3.05) is 5.32 Å². The van der Waals surface area contributed by atoms with Gasteiger partial charge >= 0.3 is 0 Å². The van der Waals surface area contributed by atoms with E-state index in [-0.39, 0.29) is 5.52 Å². The molecule has 0 unspecified atom stereocenters. The molecule has 0 aliphatic heterocycles. The standard InChI is InChI=1S/C16H12F2N2/c1-10-3-2-4-12(7-10)20-15-5-6-19-16-13(15)8-11(17)9-14(16)18/h2-9H,1H3,(H,19,20). The van der Waals surface area contributed by atoms with Crippen LogP contribution in [0.1, 0.15) is 5.56 Å². The summed E-state index contributed by atoms with van der Waals surface area (Å²) < 4.78 is 27.1. The number of anilines is 2. The molecule has 0 atom stereocenters. The number of pyridine rings is 1. The Morgan fingerprint density at radius 3 is 2.70 bits per heavy atom. The molecule has 0 amide bonds. The van der Waals surface area contributed by atoms with Gasteiger partial charge in [0.1, 0.15) is 11.3 Å². The van der Waals surface area contributed by atoms with Gasteiger partial charge < -0.3 is 5.32 Å². The first-order valence-electron chi connectivity index (χ1n) is 6.21. The summed E-state index contributed by atoms with van der Waals surface area (Å²) in [6.45, 7) is 1.98. The molecule has 0 radical (unpaired) electrons. The minimum atomic E-state index is -0.659. The summed E-state index contributed by atoms with van der Waals surface area (Å²) in [6.07, 6.45) is 1.50. The fourth-order valence-electron chi connectivity index (χ4n) is 2.17. The second kappa shape index (κ2) is 4.89. The van der Waals surface area contributed by atoms with E-state index in [0.717, 1.165) is 17.3 Å². The molecule has 4 heteroatoms. The maximum atomic E-state index is 13.7. The molecular formula is C16H12F2N2. The van der Waals surface area contributed by atoms with Gasteiger partial charge in [-0.3, -0.25) is 4.98 Å². The van der Waals surface area contributed by atoms with Crippen molar-refractivity contribution in [1.82, 2.24) is 4.98 Å². The smallest absolute Gasteiger partial charge is 0.152 e. The highest BCUT2D eigenvalue weighted by Crippen LogP contribution is 2.27. The summed E-state index contributed by atoms with van der Waals surface area (Å²) in [5, 5.41) is 3.59. The fraction of sp³-hybridized carbons (Fsp3) is 0.0625. The molecule has 0 bridgehead atoms. The van der Waals surface area contributed by atoms with Gasteiger partial charge in [-0.15, -0.1) is 0 Å². The highest BCUT2D eigenvalue weighted by Gasteiger charge is 2.09. The third kappa shape index (κ3) is 2.32. The van der Waals surface area contributed by atoms with Gasteiger partial charge in [0.05, 0.1) is 0 Å². The number of fused-ring (bicyclic) bond motifs is 1. The minimum Gasteiger partial charge on any atom is -0.355 e. The largest absolute Gasteiger partial charge is 0.355 e. The van der Waals surface area contributed by atoms with Crippen molar-refractivity contribution >= 4 is 22.3 Å². The Morgan fingerprint density at radius 2 is 1.90 bits per heavy atom. The van der Waals surface area contributed by atoms with Crippen molar-refractivity contribution in [2.24, 2.45) is 0 Å². The Bertz CT molecular complexity index is 785. The molecule has 1 heterocycles. The second-order valence-electron chi connectivity index (χ2n) is 4.64. The van der Waals surface area contributed by atoms with E-state index in [1.54, 1.807) is 6.07 Å². The maximum Gasteiger partial charge on any atom is 0.152 e. The predicted octanol–water partition coefficient (Wildman–Crippen LogP) is 4.57. The molecule has 3 rings (SSSR count). The van der Waals surface area contributed by atoms with Crippen LogP contribution in [0, 0.1) is 18.6 Å². The Kier molecular flexibility index (Phi) is 3.06. The molecule has 1 aromatic heterocycles. The van der Waals surface area contributed by atoms with Gasteiger partial charge in [-0.05, 0) is 36.8 Å². The third-order valence-corrected chi connectivity index (χ3v) is 3.06. The second-order valence-corrected chi connectivity index (χ2v) is 4.64. The lowest BCUT2D eigenvalue weighted by atomic mass is 10.1. The van der Waals surface area contributed by atoms with Crippen LogP contribution in [0.4, 0.5) is 20.2 Å². The van der Waals surface area contributed by atoms with Crippen molar-refractivity contribution in [3.8, 4) is 0 Å². The molecule has 0 saturated carbocycles. The van der Waals surface area contributed by atoms with Gasteiger partial charge in [0, 0.05) is 29.0 Å². The van der Waals surface area contributed by atoms with Crippen LogP contribution in [0.25, 0.3) is 10.9 Å². The number of nitrogens with zero attached hydrogens (tertiary/aromatic N) is 1. The molecule has 3 aromatic rings. The van der Waals surface area contributed by atoms with E-state index < -0.39 is 11.6 Å². The number of hydrogen-bond acceptors (Lipinski definition) is 2. The number of halogens is 2. The Hall–Kier alpha value is -2.49. The number of rotatable bonds is 2. The summed E-state index contributed by atoms with van der Waals surface area (Å²) in [4.78, 5) is 3.96. The molecule has 0 aliphatic rings. The molecule has 2 nitrogen and oxygen atoms in total. The molecule has 0 saturated heterocycles. The van der Waals surface area contributed by atoms with Crippen LogP contribution < -0.4 is 5.32 Å². The lowest BCUT2D eigenvalue weighted by molar-refractivity contribution is 0.590. The summed E-state index contributed by atoms with van der Waals surface area (Å²) in [6, 6.07) is 11.6. The van der Waals surface area contributed by atoms with Crippen LogP contribution in [0.15, 0.2) is 48.7 Å². The van der Waals surface area contributed by atoms with E-state index >= 15 is 0 Å². The zero-order valence-electron chi connectivity index (χ0n) is 10.8. The Labute approximate surface area is 115 Å². The first-order chi connectivity index (χ1) is 9.63. The van der Waals surface area contributed by atoms with Crippen LogP contribution in [-0.2, 0) is 0 Å². The Balaban J connectivity index is 2.12. The number of aryl methyl sites for hydroxylation is 1. The summed E-state index contributed by atoms with van der Waals surface area (Å²) in [5.74, 6) is -1.27. The van der Waals surface area contributed by atoms with Crippen molar-refractivity contribution in [3.05, 3.63) is 65.9 Å². The molecular weight excluding hydrogens is 258 g/mol. The van der Waals surface area contributed by atoms with Crippen molar-refractivity contribution in [1.29, 1.82) is 0 Å². The van der Waals surface area contributed by atoms with Crippen LogP contribution in [-0.4, -0.2) is 4.98 Å². The monoisotopic (exact) mass is 270 g/mol. The average Bonchev–Trinajstić information content (AvgIpc) is 2.40. The molecule has 2 aromatic carbocycles. The molecule has 0 fully saturated rings. The fourth-order valence-corrected chi connectivity index (χ4v) is 2.17. The molecule has 20 heavy (non-hydrogen) atoms. The van der Waals surface area contributed by atoms with Crippen LogP contribution >= 0.6 is 0 Å². The van der Waals surface area contributed by atoms with Gasteiger partial charge in [0.2, 0.25) is 0 Å². The van der Waals surface area contributed by atoms with E-state index in [1.807, 2.05) is 31.2 Å². The molecule has 100 valence electrons. The van der Waals surface area contributed by atoms with Crippen LogP contribution in [0.2, 0.25) is 0 Å². The van der Waals surface area contributed by atoms with Gasteiger partial charge in [-0.2, -0.15) is 0 Å². The van der Waals surface area contributed by atoms with Crippen LogP contribution in [0.5, 0.6) is 0 Å². The minimum absolute atomic E-state index is 0.157. The maximum absolute atomic E-state index is 13.7. The van der Waals surface area contributed by atoms with Crippen LogP contribution in [0.3, 0.4) is 0 Å². The average molecular weight is 270 g/mol. The summed E-state index contributed by atoms with van der Waals surface area (Å²) in [5.41, 5.74) is 2.75. The SMILES string of the molecule is Cc1cccc(Nc2ccnc3c(F)cc(F)cc23)c1. The lowest BCUT2D eigenvalue weighted by Gasteiger charge is -2.10. The Morgan fingerprint density at radius 1 is 1.05 bits per heavy atom. The van der Waals surface area contributed by atoms with E-state index in [1.165, 1.54) is 12.3 Å². The summed E-state index contributed by atoms with van der Waals surface area (Å²) >= 11 is 0. The molecule has 0 spiro atoms. The van der Waals surface area contributed by atoms with E-state index in [2.05, 4.69) is 10.3 Å². The number of benzene rings is 2. The van der Waals surface area contributed by atoms with Crippen molar-refractivity contribution in [3.63, 3.8) is 0 Å². The van der Waals surface area contributed by atoms with Gasteiger partial charge in [-0.25, -0.2) is 8.78 Å². The van der Waals surface area contributed by atoms with Crippen molar-refractivity contribution < 1.29 is 8.78 Å². The quantitative estimate of drug-likeness (QED) is 0.738. The first-order valence-corrected chi connectivity index (χ1v) is 6.21. The summed E-state index contributed by atoms with van der Waals surface area (Å²) in [7, 11) is 0. The third-order valence-electron chi connectivity index (χ3n) is 3.06. The number of aromatic nitrogens is 1. The zero-order chi connectivity index (χ0) is 14.1. The lowest BCUT2D eigenvalue weighted by Crippen LogP contribution is -1.95.